The molecular weight excluding hydrogens is 250 g/mol. The van der Waals surface area contributed by atoms with E-state index in [1.54, 1.807) is 12.1 Å². The molecule has 88 valence electrons. The van der Waals surface area contributed by atoms with Gasteiger partial charge in [0.05, 0.1) is 10.8 Å². The van der Waals surface area contributed by atoms with E-state index in [9.17, 15) is 13.2 Å². The molecule has 1 heterocycles. The van der Waals surface area contributed by atoms with E-state index < -0.39 is 9.84 Å². The molecule has 0 amide bonds. The Balaban J connectivity index is 2.57. The molecule has 1 aromatic heterocycles. The Morgan fingerprint density at radius 1 is 1.50 bits per heavy atom. The van der Waals surface area contributed by atoms with Crippen LogP contribution in [-0.4, -0.2) is 31.2 Å². The van der Waals surface area contributed by atoms with Crippen molar-refractivity contribution in [2.24, 2.45) is 0 Å². The van der Waals surface area contributed by atoms with E-state index >= 15 is 0 Å². The molecule has 1 rings (SSSR count). The van der Waals surface area contributed by atoms with E-state index in [-0.39, 0.29) is 23.7 Å². The minimum Gasteiger partial charge on any atom is -0.292 e. The van der Waals surface area contributed by atoms with Gasteiger partial charge in [0.1, 0.15) is 15.5 Å². The molecule has 16 heavy (non-hydrogen) atoms. The maximum absolute atomic E-state index is 11.6. The van der Waals surface area contributed by atoms with Gasteiger partial charge in [0.25, 0.3) is 0 Å². The first-order valence-corrected chi connectivity index (χ1v) is 7.15. The van der Waals surface area contributed by atoms with Crippen LogP contribution in [0.25, 0.3) is 0 Å². The SMILES string of the molecule is CS(=O)(=O)CCCC(=O)c1ncccc1Cl. The van der Waals surface area contributed by atoms with Crippen molar-refractivity contribution in [3.63, 3.8) is 0 Å². The number of carbonyl (C=O) groups is 1. The number of ketones is 1. The van der Waals surface area contributed by atoms with Crippen LogP contribution < -0.4 is 0 Å². The molecule has 0 unspecified atom stereocenters. The first-order valence-electron chi connectivity index (χ1n) is 4.71. The Morgan fingerprint density at radius 3 is 2.75 bits per heavy atom. The van der Waals surface area contributed by atoms with Gasteiger partial charge in [-0.25, -0.2) is 8.42 Å². The van der Waals surface area contributed by atoms with Crippen LogP contribution in [0.5, 0.6) is 0 Å². The van der Waals surface area contributed by atoms with Gasteiger partial charge in [-0.3, -0.25) is 9.78 Å². The molecular formula is C10H12ClNO3S. The van der Waals surface area contributed by atoms with Crippen molar-refractivity contribution in [1.29, 1.82) is 0 Å². The van der Waals surface area contributed by atoms with E-state index in [2.05, 4.69) is 4.98 Å². The Labute approximate surface area is 99.6 Å². The topological polar surface area (TPSA) is 64.1 Å². The summed E-state index contributed by atoms with van der Waals surface area (Å²) in [7, 11) is -3.02. The third kappa shape index (κ3) is 4.28. The fourth-order valence-electron chi connectivity index (χ4n) is 1.20. The number of aromatic nitrogens is 1. The fraction of sp³-hybridized carbons (Fsp3) is 0.400. The summed E-state index contributed by atoms with van der Waals surface area (Å²) >= 11 is 5.79. The molecule has 4 nitrogen and oxygen atoms in total. The van der Waals surface area contributed by atoms with E-state index in [0.29, 0.717) is 11.4 Å². The van der Waals surface area contributed by atoms with Crippen molar-refractivity contribution >= 4 is 27.2 Å². The van der Waals surface area contributed by atoms with Crippen molar-refractivity contribution in [1.82, 2.24) is 4.98 Å². The van der Waals surface area contributed by atoms with Crippen LogP contribution in [0.3, 0.4) is 0 Å². The second-order valence-corrected chi connectivity index (χ2v) is 6.16. The molecule has 0 aliphatic carbocycles. The van der Waals surface area contributed by atoms with Crippen molar-refractivity contribution in [2.75, 3.05) is 12.0 Å². The maximum atomic E-state index is 11.6. The standard InChI is InChI=1S/C10H12ClNO3S/c1-16(14,15)7-3-5-9(13)10-8(11)4-2-6-12-10/h2,4,6H,3,5,7H2,1H3. The lowest BCUT2D eigenvalue weighted by Crippen LogP contribution is -2.08. The molecule has 0 atom stereocenters. The van der Waals surface area contributed by atoms with Gasteiger partial charge in [0, 0.05) is 18.9 Å². The quantitative estimate of drug-likeness (QED) is 0.758. The summed E-state index contributed by atoms with van der Waals surface area (Å²) in [4.78, 5) is 15.5. The molecule has 0 radical (unpaired) electrons. The van der Waals surface area contributed by atoms with Crippen LogP contribution in [-0.2, 0) is 9.84 Å². The van der Waals surface area contributed by atoms with Crippen LogP contribution in [0, 0.1) is 0 Å². The van der Waals surface area contributed by atoms with Crippen molar-refractivity contribution in [3.8, 4) is 0 Å². The molecule has 0 saturated heterocycles. The third-order valence-electron chi connectivity index (χ3n) is 1.94. The van der Waals surface area contributed by atoms with Crippen molar-refractivity contribution in [3.05, 3.63) is 29.0 Å². The Hall–Kier alpha value is -0.940. The summed E-state index contributed by atoms with van der Waals surface area (Å²) < 4.78 is 21.7. The number of hydrogen-bond donors (Lipinski definition) is 0. The zero-order chi connectivity index (χ0) is 12.2. The first-order chi connectivity index (χ1) is 7.40. The van der Waals surface area contributed by atoms with E-state index in [4.69, 9.17) is 11.6 Å². The Bertz CT molecular complexity index is 485. The normalized spacial score (nSPS) is 11.4. The lowest BCUT2D eigenvalue weighted by molar-refractivity contribution is 0.0977. The number of pyridine rings is 1. The second kappa shape index (κ2) is 5.41. The van der Waals surface area contributed by atoms with Gasteiger partial charge < -0.3 is 0 Å². The van der Waals surface area contributed by atoms with Gasteiger partial charge in [-0.1, -0.05) is 11.6 Å². The molecule has 0 saturated carbocycles. The Morgan fingerprint density at radius 2 is 2.19 bits per heavy atom. The van der Waals surface area contributed by atoms with E-state index in [1.807, 2.05) is 0 Å². The first kappa shape index (κ1) is 13.1. The van der Waals surface area contributed by atoms with E-state index in [0.717, 1.165) is 6.26 Å². The summed E-state index contributed by atoms with van der Waals surface area (Å²) in [6.45, 7) is 0. The molecule has 0 N–H and O–H groups in total. The smallest absolute Gasteiger partial charge is 0.182 e. The van der Waals surface area contributed by atoms with Crippen molar-refractivity contribution in [2.45, 2.75) is 12.8 Å². The highest BCUT2D eigenvalue weighted by Crippen LogP contribution is 2.14. The number of nitrogens with zero attached hydrogens (tertiary/aromatic N) is 1. The molecule has 0 aliphatic heterocycles. The highest BCUT2D eigenvalue weighted by Gasteiger charge is 2.12. The highest BCUT2D eigenvalue weighted by molar-refractivity contribution is 7.90. The van der Waals surface area contributed by atoms with Crippen LogP contribution in [0.15, 0.2) is 18.3 Å². The number of carbonyl (C=O) groups excluding carboxylic acids is 1. The number of Topliss-reactive ketones (excluding diaryl/α,β-unsaturated/α-hetero) is 1. The molecule has 0 spiro atoms. The summed E-state index contributed by atoms with van der Waals surface area (Å²) in [5, 5.41) is 0.298. The van der Waals surface area contributed by atoms with E-state index in [1.165, 1.54) is 6.20 Å². The zero-order valence-corrected chi connectivity index (χ0v) is 10.4. The van der Waals surface area contributed by atoms with Gasteiger partial charge in [-0.05, 0) is 18.6 Å². The minimum atomic E-state index is -3.02. The Kier molecular flexibility index (Phi) is 4.44. The average Bonchev–Trinajstić information content (AvgIpc) is 2.16. The average molecular weight is 262 g/mol. The number of rotatable bonds is 5. The zero-order valence-electron chi connectivity index (χ0n) is 8.81. The van der Waals surface area contributed by atoms with Gasteiger partial charge in [-0.2, -0.15) is 0 Å². The molecule has 0 fully saturated rings. The lowest BCUT2D eigenvalue weighted by atomic mass is 10.1. The van der Waals surface area contributed by atoms with Crippen LogP contribution in [0.4, 0.5) is 0 Å². The highest BCUT2D eigenvalue weighted by atomic mass is 35.5. The molecule has 6 heteroatoms. The molecule has 0 aromatic carbocycles. The molecule has 1 aromatic rings. The van der Waals surface area contributed by atoms with Gasteiger partial charge in [-0.15, -0.1) is 0 Å². The summed E-state index contributed by atoms with van der Waals surface area (Å²) in [6, 6.07) is 3.22. The van der Waals surface area contributed by atoms with Crippen LogP contribution >= 0.6 is 11.6 Å². The van der Waals surface area contributed by atoms with Gasteiger partial charge in [0.2, 0.25) is 0 Å². The minimum absolute atomic E-state index is 0.00317. The monoisotopic (exact) mass is 261 g/mol. The van der Waals surface area contributed by atoms with Gasteiger partial charge in [0.15, 0.2) is 5.78 Å². The number of halogens is 1. The summed E-state index contributed by atoms with van der Waals surface area (Å²) in [5.74, 6) is -0.224. The molecule has 0 bridgehead atoms. The van der Waals surface area contributed by atoms with Crippen molar-refractivity contribution < 1.29 is 13.2 Å². The largest absolute Gasteiger partial charge is 0.292 e. The number of sulfone groups is 1. The maximum Gasteiger partial charge on any atom is 0.182 e. The lowest BCUT2D eigenvalue weighted by Gasteiger charge is -2.01. The fourth-order valence-corrected chi connectivity index (χ4v) is 2.10. The second-order valence-electron chi connectivity index (χ2n) is 3.49. The predicted octanol–water partition coefficient (Wildman–Crippen LogP) is 1.74. The van der Waals surface area contributed by atoms with Gasteiger partial charge >= 0.3 is 0 Å². The van der Waals surface area contributed by atoms with Crippen LogP contribution in [0.2, 0.25) is 5.02 Å². The molecule has 0 aliphatic rings. The number of hydrogen-bond acceptors (Lipinski definition) is 4. The summed E-state index contributed by atoms with van der Waals surface area (Å²) in [6.07, 6.45) is 3.06. The predicted molar refractivity (Wildman–Crippen MR) is 62.5 cm³/mol. The van der Waals surface area contributed by atoms with Crippen LogP contribution in [0.1, 0.15) is 23.3 Å². The summed E-state index contributed by atoms with van der Waals surface area (Å²) in [5.41, 5.74) is 0.206. The third-order valence-corrected chi connectivity index (χ3v) is 3.28.